The number of carboxylic acids is 1. The highest BCUT2D eigenvalue weighted by molar-refractivity contribution is 9.13. The molecule has 0 unspecified atom stereocenters. The highest BCUT2D eigenvalue weighted by Crippen LogP contribution is 2.26. The van der Waals surface area contributed by atoms with Gasteiger partial charge in [-0.05, 0) is 49.6 Å². The van der Waals surface area contributed by atoms with Crippen molar-refractivity contribution in [3.8, 4) is 0 Å². The van der Waals surface area contributed by atoms with Gasteiger partial charge in [-0.25, -0.2) is 0 Å². The molecule has 14 heavy (non-hydrogen) atoms. The smallest absolute Gasteiger partial charge is 0.305 e. The maximum absolute atomic E-state index is 10.4. The van der Waals surface area contributed by atoms with Crippen molar-refractivity contribution in [1.82, 2.24) is 0 Å². The van der Waals surface area contributed by atoms with Gasteiger partial charge >= 0.3 is 5.97 Å². The fourth-order valence-corrected chi connectivity index (χ4v) is 1.69. The van der Waals surface area contributed by atoms with Gasteiger partial charge in [0.1, 0.15) is 0 Å². The zero-order chi connectivity index (χ0) is 10.7. The summed E-state index contributed by atoms with van der Waals surface area (Å²) in [5.74, 6) is -0.892. The molecule has 0 spiro atoms. The van der Waals surface area contributed by atoms with E-state index in [1.165, 1.54) is 0 Å². The van der Waals surface area contributed by atoms with Crippen molar-refractivity contribution in [3.63, 3.8) is 0 Å². The first-order valence-electron chi connectivity index (χ1n) is 3.93. The molecular weight excluding hydrogens is 314 g/mol. The van der Waals surface area contributed by atoms with E-state index in [9.17, 15) is 4.79 Å². The Labute approximate surface area is 98.6 Å². The van der Waals surface area contributed by atoms with Crippen molar-refractivity contribution < 1.29 is 9.90 Å². The number of carbonyl (C=O) groups is 1. The van der Waals surface area contributed by atoms with Gasteiger partial charge in [0, 0.05) is 15.0 Å². The zero-order valence-corrected chi connectivity index (χ0v) is 10.4. The number of rotatable bonds is 3. The maximum Gasteiger partial charge on any atom is 0.305 e. The predicted octanol–water partition coefficient (Wildman–Crippen LogP) is 2.69. The summed E-state index contributed by atoms with van der Waals surface area (Å²) in [6, 6.07) is 5.00. The number of hydrogen-bond donors (Lipinski definition) is 2. The van der Waals surface area contributed by atoms with Gasteiger partial charge in [0.05, 0.1) is 6.42 Å². The molecule has 3 N–H and O–H groups in total. The number of aliphatic carboxylic acids is 1. The molecule has 5 heteroatoms. The minimum absolute atomic E-state index is 0.0614. The van der Waals surface area contributed by atoms with Crippen LogP contribution < -0.4 is 5.73 Å². The molecule has 1 atom stereocenters. The Morgan fingerprint density at radius 1 is 1.43 bits per heavy atom. The van der Waals surface area contributed by atoms with E-state index >= 15 is 0 Å². The molecule has 0 radical (unpaired) electrons. The van der Waals surface area contributed by atoms with Gasteiger partial charge in [-0.15, -0.1) is 0 Å². The van der Waals surface area contributed by atoms with Crippen LogP contribution in [0.4, 0.5) is 0 Å². The molecule has 0 aromatic heterocycles. The summed E-state index contributed by atoms with van der Waals surface area (Å²) < 4.78 is 1.79. The van der Waals surface area contributed by atoms with Crippen molar-refractivity contribution in [2.24, 2.45) is 5.73 Å². The number of benzene rings is 1. The van der Waals surface area contributed by atoms with E-state index in [-0.39, 0.29) is 6.42 Å². The van der Waals surface area contributed by atoms with Crippen LogP contribution in [-0.2, 0) is 4.79 Å². The Balaban J connectivity index is 2.85. The summed E-state index contributed by atoms with van der Waals surface area (Å²) in [4.78, 5) is 10.4. The monoisotopic (exact) mass is 321 g/mol. The molecule has 0 aliphatic rings. The minimum atomic E-state index is -0.892. The van der Waals surface area contributed by atoms with E-state index in [2.05, 4.69) is 31.9 Å². The van der Waals surface area contributed by atoms with Crippen LogP contribution in [0.1, 0.15) is 18.0 Å². The molecule has 3 nitrogen and oxygen atoms in total. The Kier molecular flexibility index (Phi) is 4.10. The van der Waals surface area contributed by atoms with Crippen molar-refractivity contribution in [1.29, 1.82) is 0 Å². The predicted molar refractivity (Wildman–Crippen MR) is 61.0 cm³/mol. The first-order chi connectivity index (χ1) is 6.50. The normalized spacial score (nSPS) is 12.5. The lowest BCUT2D eigenvalue weighted by Gasteiger charge is -2.10. The van der Waals surface area contributed by atoms with Crippen LogP contribution in [0.25, 0.3) is 0 Å². The number of nitrogens with two attached hydrogens (primary N) is 1. The third-order valence-corrected chi connectivity index (χ3v) is 3.65. The number of halogens is 2. The molecule has 0 aliphatic carbocycles. The van der Waals surface area contributed by atoms with E-state index in [0.717, 1.165) is 14.5 Å². The van der Waals surface area contributed by atoms with Crippen LogP contribution in [0.3, 0.4) is 0 Å². The fraction of sp³-hybridized carbons (Fsp3) is 0.222. The molecule has 0 saturated heterocycles. The summed E-state index contributed by atoms with van der Waals surface area (Å²) in [5, 5.41) is 8.57. The van der Waals surface area contributed by atoms with Gasteiger partial charge in [0.25, 0.3) is 0 Å². The molecule has 0 heterocycles. The Morgan fingerprint density at radius 3 is 2.57 bits per heavy atom. The first kappa shape index (κ1) is 11.7. The third-order valence-electron chi connectivity index (χ3n) is 1.77. The van der Waals surface area contributed by atoms with Crippen molar-refractivity contribution in [3.05, 3.63) is 32.7 Å². The molecule has 1 aromatic rings. The van der Waals surface area contributed by atoms with E-state index < -0.39 is 12.0 Å². The molecule has 76 valence electrons. The van der Waals surface area contributed by atoms with E-state index in [1.54, 1.807) is 0 Å². The average Bonchev–Trinajstić information content (AvgIpc) is 2.08. The quantitative estimate of drug-likeness (QED) is 0.899. The van der Waals surface area contributed by atoms with Gasteiger partial charge in [-0.3, -0.25) is 4.79 Å². The van der Waals surface area contributed by atoms with Crippen LogP contribution in [0.15, 0.2) is 27.1 Å². The van der Waals surface area contributed by atoms with Crippen LogP contribution in [0.2, 0.25) is 0 Å². The fourth-order valence-electron chi connectivity index (χ4n) is 1.05. The van der Waals surface area contributed by atoms with E-state index in [1.807, 2.05) is 18.2 Å². The van der Waals surface area contributed by atoms with Gasteiger partial charge < -0.3 is 10.8 Å². The molecule has 0 amide bonds. The molecule has 0 bridgehead atoms. The average molecular weight is 323 g/mol. The maximum atomic E-state index is 10.4. The largest absolute Gasteiger partial charge is 0.481 e. The molecule has 0 fully saturated rings. The topological polar surface area (TPSA) is 63.3 Å². The lowest BCUT2D eigenvalue weighted by Crippen LogP contribution is -2.14. The van der Waals surface area contributed by atoms with Crippen LogP contribution >= 0.6 is 31.9 Å². The summed E-state index contributed by atoms with van der Waals surface area (Å²) >= 11 is 6.66. The Bertz CT molecular complexity index is 355. The van der Waals surface area contributed by atoms with Gasteiger partial charge in [-0.1, -0.05) is 6.07 Å². The lowest BCUT2D eigenvalue weighted by atomic mass is 10.1. The van der Waals surface area contributed by atoms with E-state index in [0.29, 0.717) is 0 Å². The zero-order valence-electron chi connectivity index (χ0n) is 7.21. The lowest BCUT2D eigenvalue weighted by molar-refractivity contribution is -0.137. The second-order valence-electron chi connectivity index (χ2n) is 2.88. The molecule has 1 aromatic carbocycles. The SMILES string of the molecule is N[C@H](CC(=O)O)c1ccc(Br)c(Br)c1. The summed E-state index contributed by atoms with van der Waals surface area (Å²) in [5.41, 5.74) is 6.51. The van der Waals surface area contributed by atoms with Crippen molar-refractivity contribution in [2.45, 2.75) is 12.5 Å². The van der Waals surface area contributed by atoms with Gasteiger partial charge in [0.15, 0.2) is 0 Å². The Hall–Kier alpha value is -0.390. The van der Waals surface area contributed by atoms with Gasteiger partial charge in [0.2, 0.25) is 0 Å². The summed E-state index contributed by atoms with van der Waals surface area (Å²) in [7, 11) is 0. The number of hydrogen-bond acceptors (Lipinski definition) is 2. The highest BCUT2D eigenvalue weighted by atomic mass is 79.9. The third kappa shape index (κ3) is 3.08. The Morgan fingerprint density at radius 2 is 2.07 bits per heavy atom. The molecular formula is C9H9Br2NO2. The highest BCUT2D eigenvalue weighted by Gasteiger charge is 2.11. The van der Waals surface area contributed by atoms with Crippen LogP contribution in [0.5, 0.6) is 0 Å². The first-order valence-corrected chi connectivity index (χ1v) is 5.51. The van der Waals surface area contributed by atoms with Crippen LogP contribution in [-0.4, -0.2) is 11.1 Å². The summed E-state index contributed by atoms with van der Waals surface area (Å²) in [6.45, 7) is 0. The summed E-state index contributed by atoms with van der Waals surface area (Å²) in [6.07, 6.45) is -0.0614. The second kappa shape index (κ2) is 4.91. The second-order valence-corrected chi connectivity index (χ2v) is 4.59. The van der Waals surface area contributed by atoms with Crippen molar-refractivity contribution >= 4 is 37.8 Å². The number of carboxylic acid groups (broad SMARTS) is 1. The van der Waals surface area contributed by atoms with Crippen LogP contribution in [0, 0.1) is 0 Å². The van der Waals surface area contributed by atoms with Crippen molar-refractivity contribution in [2.75, 3.05) is 0 Å². The van der Waals surface area contributed by atoms with Gasteiger partial charge in [-0.2, -0.15) is 0 Å². The standard InChI is InChI=1S/C9H9Br2NO2/c10-6-2-1-5(3-7(6)11)8(12)4-9(13)14/h1-3,8H,4,12H2,(H,13,14)/t8-/m1/s1. The van der Waals surface area contributed by atoms with E-state index in [4.69, 9.17) is 10.8 Å². The molecule has 0 aliphatic heterocycles. The molecule has 0 saturated carbocycles. The molecule has 1 rings (SSSR count). The minimum Gasteiger partial charge on any atom is -0.481 e.